The van der Waals surface area contributed by atoms with E-state index in [1.807, 2.05) is 55.5 Å². The van der Waals surface area contributed by atoms with E-state index >= 15 is 0 Å². The third-order valence-corrected chi connectivity index (χ3v) is 5.73. The van der Waals surface area contributed by atoms with Crippen LogP contribution < -0.4 is 9.64 Å². The van der Waals surface area contributed by atoms with E-state index in [1.54, 1.807) is 36.4 Å². The van der Waals surface area contributed by atoms with E-state index in [1.165, 1.54) is 17.2 Å². The van der Waals surface area contributed by atoms with Crippen LogP contribution in [0.5, 0.6) is 11.5 Å². The monoisotopic (exact) mass is 451 g/mol. The molecule has 0 bridgehead atoms. The Morgan fingerprint density at radius 2 is 1.65 bits per heavy atom. The smallest absolute Gasteiger partial charge is 0.294 e. The second-order valence-electron chi connectivity index (χ2n) is 7.92. The number of carbonyl (C=O) groups is 2. The molecule has 6 heteroatoms. The zero-order valence-corrected chi connectivity index (χ0v) is 18.3. The summed E-state index contributed by atoms with van der Waals surface area (Å²) in [4.78, 5) is 28.1. The van der Waals surface area contributed by atoms with Crippen molar-refractivity contribution in [3.8, 4) is 11.5 Å². The molecule has 5 rings (SSSR count). The number of carbonyl (C=O) groups excluding carboxylic acids is 2. The number of aryl methyl sites for hydroxylation is 1. The molecule has 2 heterocycles. The van der Waals surface area contributed by atoms with Gasteiger partial charge in [-0.3, -0.25) is 14.5 Å². The predicted octanol–water partition coefficient (Wildman–Crippen LogP) is 6.16. The van der Waals surface area contributed by atoms with Gasteiger partial charge in [-0.2, -0.15) is 0 Å². The Balaban J connectivity index is 1.63. The molecule has 1 unspecified atom stereocenters. The summed E-state index contributed by atoms with van der Waals surface area (Å²) in [5.41, 5.74) is 2.00. The summed E-state index contributed by atoms with van der Waals surface area (Å²) < 4.78 is 11.3. The van der Waals surface area contributed by atoms with Gasteiger partial charge in [0.05, 0.1) is 17.9 Å². The third kappa shape index (κ3) is 3.75. The topological polar surface area (TPSA) is 80.0 Å². The average molecular weight is 451 g/mol. The molecule has 4 aromatic rings. The largest absolute Gasteiger partial charge is 0.503 e. The normalized spacial score (nSPS) is 15.6. The van der Waals surface area contributed by atoms with Gasteiger partial charge in [0.25, 0.3) is 5.91 Å². The molecule has 3 aromatic carbocycles. The number of ketones is 1. The number of furan rings is 1. The van der Waals surface area contributed by atoms with E-state index in [0.717, 1.165) is 5.56 Å². The fourth-order valence-electron chi connectivity index (χ4n) is 4.15. The zero-order valence-electron chi connectivity index (χ0n) is 18.3. The zero-order chi connectivity index (χ0) is 23.7. The molecule has 1 atom stereocenters. The van der Waals surface area contributed by atoms with Crippen molar-refractivity contribution in [2.75, 3.05) is 4.90 Å². The van der Waals surface area contributed by atoms with Crippen molar-refractivity contribution in [3.05, 3.63) is 125 Å². The summed E-state index contributed by atoms with van der Waals surface area (Å²) in [6.45, 7) is 1.87. The third-order valence-electron chi connectivity index (χ3n) is 5.73. The van der Waals surface area contributed by atoms with Crippen LogP contribution in [0.15, 0.2) is 113 Å². The number of benzene rings is 3. The molecule has 1 N–H and O–H groups in total. The highest BCUT2D eigenvalue weighted by molar-refractivity contribution is 6.20. The van der Waals surface area contributed by atoms with Gasteiger partial charge in [0, 0.05) is 5.69 Å². The number of rotatable bonds is 6. The Morgan fingerprint density at radius 3 is 2.38 bits per heavy atom. The molecular weight excluding hydrogens is 430 g/mol. The molecule has 0 saturated heterocycles. The first-order valence-electron chi connectivity index (χ1n) is 10.8. The Kier molecular flexibility index (Phi) is 5.47. The highest BCUT2D eigenvalue weighted by Gasteiger charge is 2.45. The van der Waals surface area contributed by atoms with E-state index < -0.39 is 23.5 Å². The molecule has 0 fully saturated rings. The second-order valence-corrected chi connectivity index (χ2v) is 7.92. The summed E-state index contributed by atoms with van der Waals surface area (Å²) in [5, 5.41) is 10.9. The van der Waals surface area contributed by atoms with Crippen LogP contribution >= 0.6 is 0 Å². The van der Waals surface area contributed by atoms with Crippen LogP contribution in [0.3, 0.4) is 0 Å². The first-order chi connectivity index (χ1) is 16.5. The summed E-state index contributed by atoms with van der Waals surface area (Å²) in [7, 11) is 0. The molecule has 0 saturated carbocycles. The lowest BCUT2D eigenvalue weighted by molar-refractivity contribution is -0.117. The molecule has 1 aromatic heterocycles. The van der Waals surface area contributed by atoms with Gasteiger partial charge in [-0.05, 0) is 60.5 Å². The molecule has 1 amide bonds. The molecule has 6 nitrogen and oxygen atoms in total. The molecule has 1 aliphatic heterocycles. The SMILES string of the molecule is Cc1ccccc1N1C(=O)C(O)=C(C(=O)c2ccco2)C1c1cccc(Oc2ccccc2)c1. The van der Waals surface area contributed by atoms with E-state index in [-0.39, 0.29) is 11.3 Å². The van der Waals surface area contributed by atoms with Crippen molar-refractivity contribution in [2.24, 2.45) is 0 Å². The fraction of sp³-hybridized carbons (Fsp3) is 0.0714. The lowest BCUT2D eigenvalue weighted by Gasteiger charge is -2.28. The van der Waals surface area contributed by atoms with Crippen LogP contribution in [0.25, 0.3) is 0 Å². The fourth-order valence-corrected chi connectivity index (χ4v) is 4.15. The van der Waals surface area contributed by atoms with Crippen LogP contribution in [0.4, 0.5) is 5.69 Å². The first-order valence-corrected chi connectivity index (χ1v) is 10.8. The minimum atomic E-state index is -0.870. The summed E-state index contributed by atoms with van der Waals surface area (Å²) in [6, 6.07) is 26.0. The highest BCUT2D eigenvalue weighted by atomic mass is 16.5. The molecule has 34 heavy (non-hydrogen) atoms. The van der Waals surface area contributed by atoms with Crippen LogP contribution in [0.1, 0.15) is 27.7 Å². The number of para-hydroxylation sites is 2. The minimum absolute atomic E-state index is 0.0416. The van der Waals surface area contributed by atoms with Crippen LogP contribution in [0.2, 0.25) is 0 Å². The average Bonchev–Trinajstić information content (AvgIpc) is 3.48. The quantitative estimate of drug-likeness (QED) is 0.355. The molecular formula is C28H21NO5. The lowest BCUT2D eigenvalue weighted by atomic mass is 9.94. The number of amides is 1. The van der Waals surface area contributed by atoms with E-state index in [2.05, 4.69) is 0 Å². The maximum absolute atomic E-state index is 13.4. The molecule has 0 spiro atoms. The number of aliphatic hydroxyl groups is 1. The van der Waals surface area contributed by atoms with Crippen molar-refractivity contribution in [3.63, 3.8) is 0 Å². The van der Waals surface area contributed by atoms with Gasteiger partial charge in [0.2, 0.25) is 5.78 Å². The van der Waals surface area contributed by atoms with Gasteiger partial charge in [0.1, 0.15) is 11.5 Å². The second kappa shape index (κ2) is 8.75. The van der Waals surface area contributed by atoms with Gasteiger partial charge in [0.15, 0.2) is 11.5 Å². The number of ether oxygens (including phenoxy) is 1. The van der Waals surface area contributed by atoms with Crippen molar-refractivity contribution in [2.45, 2.75) is 13.0 Å². The number of hydrogen-bond acceptors (Lipinski definition) is 5. The maximum Gasteiger partial charge on any atom is 0.294 e. The summed E-state index contributed by atoms with van der Waals surface area (Å²) in [6.07, 6.45) is 1.38. The van der Waals surface area contributed by atoms with Gasteiger partial charge in [-0.1, -0.05) is 48.5 Å². The van der Waals surface area contributed by atoms with Crippen molar-refractivity contribution in [1.29, 1.82) is 0 Å². The minimum Gasteiger partial charge on any atom is -0.503 e. The number of anilines is 1. The summed E-state index contributed by atoms with van der Waals surface area (Å²) >= 11 is 0. The van der Waals surface area contributed by atoms with Gasteiger partial charge in [-0.15, -0.1) is 0 Å². The molecule has 0 radical (unpaired) electrons. The van der Waals surface area contributed by atoms with Crippen LogP contribution in [-0.4, -0.2) is 16.8 Å². The van der Waals surface area contributed by atoms with Gasteiger partial charge >= 0.3 is 0 Å². The van der Waals surface area contributed by atoms with Crippen molar-refractivity contribution < 1.29 is 23.8 Å². The van der Waals surface area contributed by atoms with Crippen LogP contribution in [0, 0.1) is 6.92 Å². The standard InChI is InChI=1S/C28H21NO5/c1-18-9-5-6-14-22(18)29-25(24(27(31)28(29)32)26(30)23-15-8-16-33-23)19-10-7-13-21(17-19)34-20-11-3-2-4-12-20/h2-17,25,31H,1H3. The number of aliphatic hydroxyl groups excluding tert-OH is 1. The predicted molar refractivity (Wildman–Crippen MR) is 127 cm³/mol. The Hall–Kier alpha value is -4.58. The first kappa shape index (κ1) is 21.3. The number of nitrogens with zero attached hydrogens (tertiary/aromatic N) is 1. The molecule has 0 aliphatic carbocycles. The maximum atomic E-state index is 13.4. The molecule has 1 aliphatic rings. The Morgan fingerprint density at radius 1 is 0.912 bits per heavy atom. The van der Waals surface area contributed by atoms with Gasteiger partial charge in [-0.25, -0.2) is 0 Å². The van der Waals surface area contributed by atoms with E-state index in [0.29, 0.717) is 22.7 Å². The van der Waals surface area contributed by atoms with Gasteiger partial charge < -0.3 is 14.3 Å². The van der Waals surface area contributed by atoms with Crippen molar-refractivity contribution >= 4 is 17.4 Å². The van der Waals surface area contributed by atoms with Crippen molar-refractivity contribution in [1.82, 2.24) is 0 Å². The van der Waals surface area contributed by atoms with Crippen LogP contribution in [-0.2, 0) is 4.79 Å². The Bertz CT molecular complexity index is 1390. The highest BCUT2D eigenvalue weighted by Crippen LogP contribution is 2.43. The lowest BCUT2D eigenvalue weighted by Crippen LogP contribution is -2.31. The number of Topliss-reactive ketones (excluding diaryl/α,β-unsaturated/α-hetero) is 1. The Labute approximate surface area is 196 Å². The van der Waals surface area contributed by atoms with E-state index in [4.69, 9.17) is 9.15 Å². The summed E-state index contributed by atoms with van der Waals surface area (Å²) in [5.74, 6) is -0.554. The molecule has 168 valence electrons. The van der Waals surface area contributed by atoms with E-state index in [9.17, 15) is 14.7 Å². The number of hydrogen-bond donors (Lipinski definition) is 1.